The Labute approximate surface area is 219 Å². The van der Waals surface area contributed by atoms with Crippen LogP contribution in [0.3, 0.4) is 0 Å². The molecule has 0 atom stereocenters. The Morgan fingerprint density at radius 2 is 2.14 bits per heavy atom. The van der Waals surface area contributed by atoms with Gasteiger partial charge in [-0.05, 0) is 30.2 Å². The van der Waals surface area contributed by atoms with Gasteiger partial charge in [0.15, 0.2) is 4.34 Å². The van der Waals surface area contributed by atoms with Crippen LogP contribution in [-0.2, 0) is 28.2 Å². The molecule has 9 nitrogen and oxygen atoms in total. The number of benzene rings is 1. The van der Waals surface area contributed by atoms with E-state index >= 15 is 0 Å². The lowest BCUT2D eigenvalue weighted by atomic mass is 10.2. The van der Waals surface area contributed by atoms with Crippen LogP contribution in [0.25, 0.3) is 0 Å². The third-order valence-corrected chi connectivity index (χ3v) is 7.55. The van der Waals surface area contributed by atoms with Crippen molar-refractivity contribution in [1.82, 2.24) is 15.2 Å². The van der Waals surface area contributed by atoms with Crippen LogP contribution in [0, 0.1) is 0 Å². The Morgan fingerprint density at radius 1 is 1.28 bits per heavy atom. The number of ether oxygens (including phenoxy) is 2. The smallest absolute Gasteiger partial charge is 0.411 e. The molecule has 0 radical (unpaired) electrons. The summed E-state index contributed by atoms with van der Waals surface area (Å²) in [6.07, 6.45) is 1.91. The van der Waals surface area contributed by atoms with Gasteiger partial charge in [0.25, 0.3) is 0 Å². The van der Waals surface area contributed by atoms with Crippen molar-refractivity contribution in [2.24, 2.45) is 0 Å². The van der Waals surface area contributed by atoms with Gasteiger partial charge in [0.1, 0.15) is 17.4 Å². The number of anilines is 3. The lowest BCUT2D eigenvalue weighted by molar-refractivity contribution is 0.122. The molecule has 1 aromatic carbocycles. The summed E-state index contributed by atoms with van der Waals surface area (Å²) in [4.78, 5) is 19.0. The zero-order chi connectivity index (χ0) is 25.2. The highest BCUT2D eigenvalue weighted by atomic mass is 32.2. The normalized spacial score (nSPS) is 13.3. The van der Waals surface area contributed by atoms with Crippen LogP contribution in [0.1, 0.15) is 23.2 Å². The summed E-state index contributed by atoms with van der Waals surface area (Å²) < 4.78 is 11.5. The molecule has 4 rings (SSSR count). The van der Waals surface area contributed by atoms with Gasteiger partial charge < -0.3 is 19.7 Å². The summed E-state index contributed by atoms with van der Waals surface area (Å²) in [7, 11) is 0. The first-order valence-electron chi connectivity index (χ1n) is 11.8. The summed E-state index contributed by atoms with van der Waals surface area (Å²) in [6, 6.07) is 11.8. The van der Waals surface area contributed by atoms with Crippen molar-refractivity contribution in [2.45, 2.75) is 30.0 Å². The van der Waals surface area contributed by atoms with Crippen LogP contribution >= 0.6 is 23.1 Å². The lowest BCUT2D eigenvalue weighted by Gasteiger charge is -2.29. The van der Waals surface area contributed by atoms with E-state index in [2.05, 4.69) is 51.4 Å². The topological polar surface area (TPSA) is 102 Å². The number of carbonyl (C=O) groups is 1. The summed E-state index contributed by atoms with van der Waals surface area (Å²) in [6.45, 7) is 9.48. The van der Waals surface area contributed by atoms with Gasteiger partial charge in [-0.1, -0.05) is 54.8 Å². The minimum absolute atomic E-state index is 0.164. The number of nitrogens with zero attached hydrogens (tertiary/aromatic N) is 4. The molecule has 11 heteroatoms. The highest BCUT2D eigenvalue weighted by Gasteiger charge is 2.15. The average Bonchev–Trinajstić information content (AvgIpc) is 3.38. The molecule has 1 saturated heterocycles. The molecule has 0 unspecified atom stereocenters. The summed E-state index contributed by atoms with van der Waals surface area (Å²) >= 11 is 3.29. The maximum atomic E-state index is 11.8. The number of carbonyl (C=O) groups excluding carboxylic acids is 1. The SMILES string of the molecule is C=CCOC(=O)Nc1cccc(CNc2cc(N3CCOCC3)cc(CSc3nnc(CC)s3)n2)c1. The maximum absolute atomic E-state index is 11.8. The molecule has 1 aliphatic heterocycles. The Kier molecular flexibility index (Phi) is 9.54. The molecule has 190 valence electrons. The number of pyridine rings is 1. The van der Waals surface area contributed by atoms with E-state index in [0.717, 1.165) is 64.8 Å². The van der Waals surface area contributed by atoms with E-state index in [0.29, 0.717) is 18.0 Å². The van der Waals surface area contributed by atoms with Gasteiger partial charge in [-0.3, -0.25) is 5.32 Å². The second kappa shape index (κ2) is 13.2. The van der Waals surface area contributed by atoms with Gasteiger partial charge in [0.2, 0.25) is 0 Å². The second-order valence-electron chi connectivity index (χ2n) is 7.97. The van der Waals surface area contributed by atoms with Crippen molar-refractivity contribution < 1.29 is 14.3 Å². The largest absolute Gasteiger partial charge is 0.445 e. The molecule has 0 saturated carbocycles. The number of aromatic nitrogens is 3. The number of hydrogen-bond donors (Lipinski definition) is 2. The zero-order valence-corrected chi connectivity index (χ0v) is 21.9. The predicted molar refractivity (Wildman–Crippen MR) is 145 cm³/mol. The van der Waals surface area contributed by atoms with E-state index in [1.807, 2.05) is 24.3 Å². The fourth-order valence-corrected chi connectivity index (χ4v) is 5.28. The number of amides is 1. The third kappa shape index (κ3) is 7.67. The van der Waals surface area contributed by atoms with Crippen molar-refractivity contribution >= 4 is 46.4 Å². The standard InChI is InChI=1S/C25H30N6O3S2/c1-3-10-34-24(32)28-19-7-5-6-18(13-19)16-26-22-15-21(31-8-11-33-12-9-31)14-20(27-22)17-35-25-30-29-23(4-2)36-25/h3,5-7,13-15H,1,4,8-12,16-17H2,2H3,(H,26,27)(H,28,32). The zero-order valence-electron chi connectivity index (χ0n) is 20.2. The maximum Gasteiger partial charge on any atom is 0.411 e. The second-order valence-corrected chi connectivity index (χ2v) is 10.3. The van der Waals surface area contributed by atoms with Gasteiger partial charge in [0.05, 0.1) is 18.9 Å². The van der Waals surface area contributed by atoms with Crippen LogP contribution < -0.4 is 15.5 Å². The molecular weight excluding hydrogens is 496 g/mol. The molecule has 1 aliphatic rings. The molecule has 0 spiro atoms. The number of morpholine rings is 1. The van der Waals surface area contributed by atoms with E-state index < -0.39 is 6.09 Å². The van der Waals surface area contributed by atoms with Crippen LogP contribution in [0.5, 0.6) is 0 Å². The molecule has 1 fully saturated rings. The lowest BCUT2D eigenvalue weighted by Crippen LogP contribution is -2.36. The Balaban J connectivity index is 1.45. The number of rotatable bonds is 11. The first-order valence-corrected chi connectivity index (χ1v) is 13.6. The number of hydrogen-bond acceptors (Lipinski definition) is 10. The highest BCUT2D eigenvalue weighted by molar-refractivity contribution is 8.00. The van der Waals surface area contributed by atoms with Crippen LogP contribution in [-0.4, -0.2) is 54.2 Å². The molecule has 2 N–H and O–H groups in total. The minimum Gasteiger partial charge on any atom is -0.445 e. The molecule has 0 aliphatic carbocycles. The van der Waals surface area contributed by atoms with Crippen molar-refractivity contribution in [3.63, 3.8) is 0 Å². The van der Waals surface area contributed by atoms with E-state index in [-0.39, 0.29) is 6.61 Å². The summed E-state index contributed by atoms with van der Waals surface area (Å²) in [5, 5.41) is 15.7. The van der Waals surface area contributed by atoms with E-state index in [1.54, 1.807) is 23.1 Å². The first kappa shape index (κ1) is 25.9. The van der Waals surface area contributed by atoms with Gasteiger partial charge in [-0.15, -0.1) is 10.2 Å². The minimum atomic E-state index is -0.511. The number of aryl methyl sites for hydroxylation is 1. The van der Waals surface area contributed by atoms with Gasteiger partial charge in [0, 0.05) is 42.8 Å². The van der Waals surface area contributed by atoms with Gasteiger partial charge >= 0.3 is 6.09 Å². The molecule has 0 bridgehead atoms. The number of thioether (sulfide) groups is 1. The Bertz CT molecular complexity index is 1170. The average molecular weight is 527 g/mol. The van der Waals surface area contributed by atoms with Gasteiger partial charge in [-0.2, -0.15) is 0 Å². The van der Waals surface area contributed by atoms with E-state index in [1.165, 1.54) is 6.08 Å². The summed E-state index contributed by atoms with van der Waals surface area (Å²) in [5.74, 6) is 1.50. The van der Waals surface area contributed by atoms with Crippen molar-refractivity contribution in [1.29, 1.82) is 0 Å². The molecule has 3 heterocycles. The molecular formula is C25H30N6O3S2. The Morgan fingerprint density at radius 3 is 2.92 bits per heavy atom. The molecule has 2 aromatic heterocycles. The fraction of sp³-hybridized carbons (Fsp3) is 0.360. The Hall–Kier alpha value is -3.15. The van der Waals surface area contributed by atoms with Gasteiger partial charge in [-0.25, -0.2) is 9.78 Å². The third-order valence-electron chi connectivity index (χ3n) is 5.31. The highest BCUT2D eigenvalue weighted by Crippen LogP contribution is 2.29. The molecule has 1 amide bonds. The van der Waals surface area contributed by atoms with Crippen LogP contribution in [0.15, 0.2) is 53.4 Å². The monoisotopic (exact) mass is 526 g/mol. The predicted octanol–water partition coefficient (Wildman–Crippen LogP) is 4.97. The van der Waals surface area contributed by atoms with Crippen molar-refractivity contribution in [3.05, 3.63) is 65.3 Å². The molecule has 3 aromatic rings. The van der Waals surface area contributed by atoms with Crippen molar-refractivity contribution in [2.75, 3.05) is 48.4 Å². The van der Waals surface area contributed by atoms with E-state index in [4.69, 9.17) is 14.5 Å². The van der Waals surface area contributed by atoms with E-state index in [9.17, 15) is 4.79 Å². The number of nitrogens with one attached hydrogen (secondary N) is 2. The summed E-state index contributed by atoms with van der Waals surface area (Å²) in [5.41, 5.74) is 3.77. The van der Waals surface area contributed by atoms with Crippen molar-refractivity contribution in [3.8, 4) is 0 Å². The molecule has 36 heavy (non-hydrogen) atoms. The fourth-order valence-electron chi connectivity index (χ4n) is 3.56. The van der Waals surface area contributed by atoms with Crippen LogP contribution in [0.2, 0.25) is 0 Å². The first-order chi connectivity index (χ1) is 17.6. The quantitative estimate of drug-likeness (QED) is 0.265. The van der Waals surface area contributed by atoms with Crippen LogP contribution in [0.4, 0.5) is 22.0 Å².